The Balaban J connectivity index is 1.45. The van der Waals surface area contributed by atoms with E-state index < -0.39 is 6.23 Å². The van der Waals surface area contributed by atoms with Gasteiger partial charge in [0.2, 0.25) is 0 Å². The van der Waals surface area contributed by atoms with E-state index in [9.17, 15) is 5.11 Å². The molecule has 0 amide bonds. The van der Waals surface area contributed by atoms with Crippen molar-refractivity contribution in [2.24, 2.45) is 0 Å². The van der Waals surface area contributed by atoms with Crippen LogP contribution in [-0.2, 0) is 19.3 Å². The van der Waals surface area contributed by atoms with Crippen molar-refractivity contribution >= 4 is 22.7 Å². The second-order valence-corrected chi connectivity index (χ2v) is 8.68. The van der Waals surface area contributed by atoms with E-state index in [0.29, 0.717) is 12.2 Å². The molecule has 0 radical (unpaired) electrons. The first kappa shape index (κ1) is 20.4. The number of nitrogens with zero attached hydrogens (tertiary/aromatic N) is 2. The van der Waals surface area contributed by atoms with Crippen LogP contribution in [0.1, 0.15) is 36.4 Å². The number of aliphatic hydroxyl groups is 1. The average Bonchev–Trinajstić information content (AvgIpc) is 2.79. The molecule has 4 heteroatoms. The van der Waals surface area contributed by atoms with Crippen LogP contribution in [0.2, 0.25) is 0 Å². The summed E-state index contributed by atoms with van der Waals surface area (Å²) in [6, 6.07) is 23.0. The molecule has 1 aliphatic carbocycles. The van der Waals surface area contributed by atoms with Crippen molar-refractivity contribution < 1.29 is 5.11 Å². The van der Waals surface area contributed by atoms with Gasteiger partial charge in [0.25, 0.3) is 0 Å². The normalized spacial score (nSPS) is 13.2. The Morgan fingerprint density at radius 3 is 2.59 bits per heavy atom. The van der Waals surface area contributed by atoms with Crippen molar-refractivity contribution in [3.05, 3.63) is 94.8 Å². The van der Waals surface area contributed by atoms with Crippen molar-refractivity contribution in [1.82, 2.24) is 9.97 Å². The second kappa shape index (κ2) is 8.56. The number of fused-ring (bicyclic) bond motifs is 4. The SMILES string of the molecule is CC(C)=Cc1nc2c(nc1NC(O)Cc1ccc3ccccc3c1)CCc1ccccc1-2. The van der Waals surface area contributed by atoms with Crippen molar-refractivity contribution in [1.29, 1.82) is 0 Å². The maximum absolute atomic E-state index is 10.8. The number of aryl methyl sites for hydroxylation is 2. The summed E-state index contributed by atoms with van der Waals surface area (Å²) in [5, 5.41) is 16.4. The maximum atomic E-state index is 10.8. The molecule has 1 heterocycles. The van der Waals surface area contributed by atoms with Gasteiger partial charge in [-0.1, -0.05) is 72.3 Å². The molecule has 160 valence electrons. The number of anilines is 1. The lowest BCUT2D eigenvalue weighted by atomic mass is 9.92. The Morgan fingerprint density at radius 2 is 1.75 bits per heavy atom. The molecule has 0 aliphatic heterocycles. The van der Waals surface area contributed by atoms with E-state index in [-0.39, 0.29) is 0 Å². The standard InChI is InChI=1S/C28H27N3O/c1-18(2)15-25-28(30-24-14-13-21-8-5-6-10-23(21)27(24)29-25)31-26(32)17-19-11-12-20-7-3-4-9-22(20)16-19/h3-12,15-16,26,32H,13-14,17H2,1-2H3,(H,30,31). The highest BCUT2D eigenvalue weighted by molar-refractivity contribution is 5.83. The predicted octanol–water partition coefficient (Wildman–Crippen LogP) is 5.79. The molecule has 1 aromatic heterocycles. The van der Waals surface area contributed by atoms with Gasteiger partial charge in [0.15, 0.2) is 5.82 Å². The molecule has 1 aliphatic rings. The third kappa shape index (κ3) is 4.14. The zero-order valence-corrected chi connectivity index (χ0v) is 18.5. The minimum Gasteiger partial charge on any atom is -0.373 e. The quantitative estimate of drug-likeness (QED) is 0.400. The van der Waals surface area contributed by atoms with Gasteiger partial charge in [-0.2, -0.15) is 0 Å². The molecule has 0 fully saturated rings. The Morgan fingerprint density at radius 1 is 0.969 bits per heavy atom. The fourth-order valence-corrected chi connectivity index (χ4v) is 4.37. The molecule has 2 N–H and O–H groups in total. The summed E-state index contributed by atoms with van der Waals surface area (Å²) in [6.07, 6.45) is 3.56. The van der Waals surface area contributed by atoms with Crippen LogP contribution in [0.15, 0.2) is 72.3 Å². The molecule has 3 aromatic carbocycles. The summed E-state index contributed by atoms with van der Waals surface area (Å²) in [5.74, 6) is 0.637. The smallest absolute Gasteiger partial charge is 0.154 e. The highest BCUT2D eigenvalue weighted by atomic mass is 16.3. The van der Waals surface area contributed by atoms with Crippen LogP contribution in [0.4, 0.5) is 5.82 Å². The van der Waals surface area contributed by atoms with Gasteiger partial charge < -0.3 is 10.4 Å². The molecule has 4 aromatic rings. The highest BCUT2D eigenvalue weighted by Gasteiger charge is 2.21. The van der Waals surface area contributed by atoms with Gasteiger partial charge in [0.1, 0.15) is 11.9 Å². The number of hydrogen-bond donors (Lipinski definition) is 2. The summed E-state index contributed by atoms with van der Waals surface area (Å²) in [4.78, 5) is 9.90. The molecule has 5 rings (SSSR count). The Hall–Kier alpha value is -3.50. The third-order valence-electron chi connectivity index (χ3n) is 5.87. The zero-order chi connectivity index (χ0) is 22.1. The van der Waals surface area contributed by atoms with Gasteiger partial charge in [-0.25, -0.2) is 9.97 Å². The third-order valence-corrected chi connectivity index (χ3v) is 5.87. The number of aromatic nitrogens is 2. The summed E-state index contributed by atoms with van der Waals surface area (Å²) in [6.45, 7) is 4.09. The molecule has 32 heavy (non-hydrogen) atoms. The van der Waals surface area contributed by atoms with Gasteiger partial charge in [0, 0.05) is 12.0 Å². The number of hydrogen-bond acceptors (Lipinski definition) is 4. The van der Waals surface area contributed by atoms with E-state index in [1.54, 1.807) is 0 Å². The molecular formula is C28H27N3O. The molecule has 1 unspecified atom stereocenters. The number of rotatable bonds is 5. The van der Waals surface area contributed by atoms with Gasteiger partial charge in [-0.05, 0) is 54.7 Å². The van der Waals surface area contributed by atoms with E-state index in [2.05, 4.69) is 59.9 Å². The number of benzene rings is 3. The molecule has 0 saturated heterocycles. The van der Waals surface area contributed by atoms with E-state index in [1.165, 1.54) is 16.3 Å². The first-order valence-corrected chi connectivity index (χ1v) is 11.1. The molecule has 0 bridgehead atoms. The van der Waals surface area contributed by atoms with Crippen LogP contribution < -0.4 is 5.32 Å². The summed E-state index contributed by atoms with van der Waals surface area (Å²) in [5.41, 5.74) is 7.38. The second-order valence-electron chi connectivity index (χ2n) is 8.68. The fourth-order valence-electron chi connectivity index (χ4n) is 4.37. The fraction of sp³-hybridized carbons (Fsp3) is 0.214. The lowest BCUT2D eigenvalue weighted by Crippen LogP contribution is -2.24. The minimum atomic E-state index is -0.760. The van der Waals surface area contributed by atoms with Gasteiger partial charge in [-0.15, -0.1) is 0 Å². The van der Waals surface area contributed by atoms with Crippen LogP contribution >= 0.6 is 0 Å². The van der Waals surface area contributed by atoms with Crippen molar-refractivity contribution in [2.75, 3.05) is 5.32 Å². The van der Waals surface area contributed by atoms with Crippen LogP contribution in [0.3, 0.4) is 0 Å². The first-order valence-electron chi connectivity index (χ1n) is 11.1. The van der Waals surface area contributed by atoms with Gasteiger partial charge in [-0.3, -0.25) is 0 Å². The summed E-state index contributed by atoms with van der Waals surface area (Å²) < 4.78 is 0. The van der Waals surface area contributed by atoms with Crippen molar-refractivity contribution in [2.45, 2.75) is 39.3 Å². The number of allylic oxidation sites excluding steroid dienone is 1. The Bertz CT molecular complexity index is 1320. The van der Waals surface area contributed by atoms with Gasteiger partial charge in [0.05, 0.1) is 11.4 Å². The van der Waals surface area contributed by atoms with Crippen molar-refractivity contribution in [3.63, 3.8) is 0 Å². The minimum absolute atomic E-state index is 0.487. The summed E-state index contributed by atoms with van der Waals surface area (Å²) >= 11 is 0. The van der Waals surface area contributed by atoms with Crippen LogP contribution in [0.5, 0.6) is 0 Å². The number of nitrogens with one attached hydrogen (secondary N) is 1. The lowest BCUT2D eigenvalue weighted by molar-refractivity contribution is 0.203. The lowest BCUT2D eigenvalue weighted by Gasteiger charge is -2.22. The zero-order valence-electron chi connectivity index (χ0n) is 18.5. The molecule has 1 atom stereocenters. The average molecular weight is 422 g/mol. The summed E-state index contributed by atoms with van der Waals surface area (Å²) in [7, 11) is 0. The van der Waals surface area contributed by atoms with E-state index in [4.69, 9.17) is 9.97 Å². The largest absolute Gasteiger partial charge is 0.373 e. The molecule has 4 nitrogen and oxygen atoms in total. The van der Waals surface area contributed by atoms with E-state index >= 15 is 0 Å². The molecule has 0 saturated carbocycles. The van der Waals surface area contributed by atoms with Crippen molar-refractivity contribution in [3.8, 4) is 11.3 Å². The van der Waals surface area contributed by atoms with Crippen LogP contribution in [0, 0.1) is 0 Å². The molecule has 0 spiro atoms. The maximum Gasteiger partial charge on any atom is 0.154 e. The number of aliphatic hydroxyl groups excluding tert-OH is 1. The highest BCUT2D eigenvalue weighted by Crippen LogP contribution is 2.33. The van der Waals surface area contributed by atoms with E-state index in [1.807, 2.05) is 32.1 Å². The van der Waals surface area contributed by atoms with Crippen LogP contribution in [0.25, 0.3) is 28.1 Å². The molecular weight excluding hydrogens is 394 g/mol. The van der Waals surface area contributed by atoms with Crippen LogP contribution in [-0.4, -0.2) is 21.3 Å². The predicted molar refractivity (Wildman–Crippen MR) is 131 cm³/mol. The van der Waals surface area contributed by atoms with E-state index in [0.717, 1.165) is 46.6 Å². The topological polar surface area (TPSA) is 58.0 Å². The Kier molecular flexibility index (Phi) is 5.46. The first-order chi connectivity index (χ1) is 15.6. The van der Waals surface area contributed by atoms with Gasteiger partial charge >= 0.3 is 0 Å². The Labute approximate surface area is 188 Å². The monoisotopic (exact) mass is 421 g/mol.